The van der Waals surface area contributed by atoms with E-state index in [1.165, 1.54) is 28.8 Å². The molecule has 5 nitrogen and oxygen atoms in total. The molecule has 1 atom stereocenters. The number of rotatable bonds is 5. The number of anilines is 1. The fraction of sp³-hybridized carbons (Fsp3) is 0.143. The zero-order chi connectivity index (χ0) is 21.3. The van der Waals surface area contributed by atoms with Crippen LogP contribution in [0.3, 0.4) is 0 Å². The third kappa shape index (κ3) is 4.08. The van der Waals surface area contributed by atoms with Gasteiger partial charge in [0.25, 0.3) is 5.56 Å². The van der Waals surface area contributed by atoms with Gasteiger partial charge >= 0.3 is 0 Å². The van der Waals surface area contributed by atoms with Crippen molar-refractivity contribution >= 4 is 24.3 Å². The molecule has 2 aromatic carbocycles. The summed E-state index contributed by atoms with van der Waals surface area (Å²) in [6.07, 6.45) is 1.56. The summed E-state index contributed by atoms with van der Waals surface area (Å²) in [5.41, 5.74) is 7.10. The molecule has 1 unspecified atom stereocenters. The second kappa shape index (κ2) is 8.18. The molecule has 1 heterocycles. The summed E-state index contributed by atoms with van der Waals surface area (Å²) < 4.78 is 31.6. The highest BCUT2D eigenvalue weighted by molar-refractivity contribution is 7.78. The molecule has 0 saturated carbocycles. The second-order valence-electron chi connectivity index (χ2n) is 6.70. The fourth-order valence-electron chi connectivity index (χ4n) is 3.05. The average Bonchev–Trinajstić information content (AvgIpc) is 2.71. The first-order chi connectivity index (χ1) is 13.7. The van der Waals surface area contributed by atoms with Crippen LogP contribution in [0.2, 0.25) is 0 Å². The number of carbonyl (C=O) groups is 1. The Bertz CT molecular complexity index is 1140. The zero-order valence-corrected chi connectivity index (χ0v) is 16.6. The summed E-state index contributed by atoms with van der Waals surface area (Å²) in [5.74, 6) is -1.73. The van der Waals surface area contributed by atoms with Gasteiger partial charge in [0.2, 0.25) is 0 Å². The summed E-state index contributed by atoms with van der Waals surface area (Å²) in [4.78, 5) is 25.2. The summed E-state index contributed by atoms with van der Waals surface area (Å²) in [5, 5.41) is 0. The number of hydrogen-bond donors (Lipinski definition) is 3. The molecule has 150 valence electrons. The number of nitrogens with zero attached hydrogens (tertiary/aromatic N) is 1. The molecular weight excluding hydrogens is 396 g/mol. The smallest absolute Gasteiger partial charge is 0.250 e. The van der Waals surface area contributed by atoms with Gasteiger partial charge in [-0.25, -0.2) is 8.78 Å². The first kappa shape index (κ1) is 20.8. The molecule has 0 fully saturated rings. The zero-order valence-electron chi connectivity index (χ0n) is 15.7. The third-order valence-electron chi connectivity index (χ3n) is 4.70. The van der Waals surface area contributed by atoms with Crippen LogP contribution in [0.5, 0.6) is 0 Å². The number of nitrogens with one attached hydrogen (secondary N) is 1. The van der Waals surface area contributed by atoms with E-state index in [0.717, 1.165) is 18.2 Å². The van der Waals surface area contributed by atoms with E-state index in [1.807, 2.05) is 0 Å². The van der Waals surface area contributed by atoms with Crippen molar-refractivity contribution in [3.8, 4) is 11.1 Å². The average molecular weight is 415 g/mol. The van der Waals surface area contributed by atoms with Gasteiger partial charge in [-0.05, 0) is 54.4 Å². The molecular formula is C21H19F2N3O2S. The van der Waals surface area contributed by atoms with Crippen LogP contribution in [0.15, 0.2) is 53.5 Å². The standard InChI is InChI=1S/C21H19F2N3O2S/c1-11(25-29)14-9-20(27)26(2)10-17(14)15-8-19(24)18(23)7-16(15)21(28)12-3-5-13(22)6-4-12/h3-11,25,29H,24H2,1-2H3. The predicted molar refractivity (Wildman–Crippen MR) is 112 cm³/mol. The van der Waals surface area contributed by atoms with Gasteiger partial charge in [-0.2, -0.15) is 0 Å². The SMILES string of the molecule is CC(NS)c1cc(=O)n(C)cc1-c1cc(N)c(F)cc1C(=O)c1ccc(F)cc1. The van der Waals surface area contributed by atoms with Crippen LogP contribution in [0.4, 0.5) is 14.5 Å². The minimum Gasteiger partial charge on any atom is -0.396 e. The van der Waals surface area contributed by atoms with Crippen molar-refractivity contribution in [2.24, 2.45) is 7.05 Å². The Kier molecular flexibility index (Phi) is 5.86. The third-order valence-corrected chi connectivity index (χ3v) is 5.09. The van der Waals surface area contributed by atoms with Gasteiger partial charge in [0.1, 0.15) is 11.6 Å². The Hall–Kier alpha value is -2.97. The first-order valence-electron chi connectivity index (χ1n) is 8.72. The number of thiol groups is 1. The molecule has 0 amide bonds. The molecule has 0 bridgehead atoms. The van der Waals surface area contributed by atoms with Crippen LogP contribution < -0.4 is 16.0 Å². The number of halogens is 2. The minimum absolute atomic E-state index is 0.0505. The number of aromatic nitrogens is 1. The molecule has 3 N–H and O–H groups in total. The number of nitrogens with two attached hydrogens (primary N) is 1. The number of aryl methyl sites for hydroxylation is 1. The molecule has 1 aromatic heterocycles. The molecule has 0 aliphatic heterocycles. The van der Waals surface area contributed by atoms with Crippen molar-refractivity contribution in [3.05, 3.63) is 87.3 Å². The molecule has 3 aromatic rings. The van der Waals surface area contributed by atoms with Gasteiger partial charge in [0.15, 0.2) is 5.78 Å². The van der Waals surface area contributed by atoms with E-state index in [-0.39, 0.29) is 28.4 Å². The van der Waals surface area contributed by atoms with E-state index in [2.05, 4.69) is 17.5 Å². The summed E-state index contributed by atoms with van der Waals surface area (Å²) in [6, 6.07) is 8.47. The van der Waals surface area contributed by atoms with Crippen molar-refractivity contribution in [3.63, 3.8) is 0 Å². The quantitative estimate of drug-likeness (QED) is 0.338. The van der Waals surface area contributed by atoms with Crippen LogP contribution in [-0.2, 0) is 7.05 Å². The summed E-state index contributed by atoms with van der Waals surface area (Å²) in [6.45, 7) is 1.79. The maximum absolute atomic E-state index is 14.3. The van der Waals surface area contributed by atoms with Crippen LogP contribution in [0, 0.1) is 11.6 Å². The fourth-order valence-corrected chi connectivity index (χ4v) is 3.19. The molecule has 0 radical (unpaired) electrons. The lowest BCUT2D eigenvalue weighted by Crippen LogP contribution is -2.20. The maximum atomic E-state index is 14.3. The molecule has 0 aliphatic carbocycles. The lowest BCUT2D eigenvalue weighted by Gasteiger charge is -2.19. The van der Waals surface area contributed by atoms with Crippen molar-refractivity contribution in [2.75, 3.05) is 5.73 Å². The number of hydrogen-bond acceptors (Lipinski definition) is 5. The Labute approximate surface area is 171 Å². The van der Waals surface area contributed by atoms with Crippen molar-refractivity contribution in [2.45, 2.75) is 13.0 Å². The molecule has 0 spiro atoms. The number of carbonyl (C=O) groups excluding carboxylic acids is 1. The number of pyridine rings is 1. The van der Waals surface area contributed by atoms with Gasteiger partial charge in [-0.3, -0.25) is 14.3 Å². The highest BCUT2D eigenvalue weighted by Crippen LogP contribution is 2.34. The molecule has 8 heteroatoms. The Morgan fingerprint density at radius 2 is 1.79 bits per heavy atom. The van der Waals surface area contributed by atoms with E-state index in [4.69, 9.17) is 5.73 Å². The first-order valence-corrected chi connectivity index (χ1v) is 9.17. The Morgan fingerprint density at radius 1 is 1.14 bits per heavy atom. The monoisotopic (exact) mass is 415 g/mol. The van der Waals surface area contributed by atoms with E-state index < -0.39 is 17.4 Å². The summed E-state index contributed by atoms with van der Waals surface area (Å²) in [7, 11) is 1.57. The largest absolute Gasteiger partial charge is 0.396 e. The summed E-state index contributed by atoms with van der Waals surface area (Å²) >= 11 is 4.07. The van der Waals surface area contributed by atoms with Gasteiger partial charge in [0, 0.05) is 42.0 Å². The topological polar surface area (TPSA) is 77.1 Å². The van der Waals surface area contributed by atoms with Crippen LogP contribution >= 0.6 is 12.8 Å². The van der Waals surface area contributed by atoms with Crippen LogP contribution in [0.1, 0.15) is 34.5 Å². The van der Waals surface area contributed by atoms with Crippen molar-refractivity contribution < 1.29 is 13.6 Å². The Morgan fingerprint density at radius 3 is 2.41 bits per heavy atom. The van der Waals surface area contributed by atoms with E-state index in [9.17, 15) is 18.4 Å². The van der Waals surface area contributed by atoms with Gasteiger partial charge < -0.3 is 10.3 Å². The van der Waals surface area contributed by atoms with Gasteiger partial charge in [-0.1, -0.05) is 12.8 Å². The van der Waals surface area contributed by atoms with Crippen molar-refractivity contribution in [1.82, 2.24) is 9.29 Å². The van der Waals surface area contributed by atoms with Crippen LogP contribution in [0.25, 0.3) is 11.1 Å². The van der Waals surface area contributed by atoms with Gasteiger partial charge in [0.05, 0.1) is 5.69 Å². The Balaban J connectivity index is 2.29. The maximum Gasteiger partial charge on any atom is 0.250 e. The van der Waals surface area contributed by atoms with E-state index >= 15 is 0 Å². The predicted octanol–water partition coefficient (Wildman–Crippen LogP) is 3.64. The highest BCUT2D eigenvalue weighted by Gasteiger charge is 2.22. The lowest BCUT2D eigenvalue weighted by molar-refractivity contribution is 0.103. The number of benzene rings is 2. The van der Waals surface area contributed by atoms with Gasteiger partial charge in [-0.15, -0.1) is 0 Å². The number of nitrogen functional groups attached to an aromatic ring is 1. The van der Waals surface area contributed by atoms with Crippen molar-refractivity contribution in [1.29, 1.82) is 0 Å². The van der Waals surface area contributed by atoms with Crippen LogP contribution in [-0.4, -0.2) is 10.4 Å². The molecule has 3 rings (SSSR count). The van der Waals surface area contributed by atoms with E-state index in [1.54, 1.807) is 20.2 Å². The van der Waals surface area contributed by atoms with E-state index in [0.29, 0.717) is 16.7 Å². The highest BCUT2D eigenvalue weighted by atomic mass is 32.1. The molecule has 29 heavy (non-hydrogen) atoms. The minimum atomic E-state index is -0.744. The lowest BCUT2D eigenvalue weighted by atomic mass is 9.90. The number of ketones is 1. The second-order valence-corrected chi connectivity index (χ2v) is 6.96. The molecule has 0 aliphatic rings. The molecule has 0 saturated heterocycles. The normalized spacial score (nSPS) is 12.0.